The van der Waals surface area contributed by atoms with E-state index in [1.165, 1.54) is 5.56 Å². The van der Waals surface area contributed by atoms with Crippen molar-refractivity contribution < 1.29 is 9.53 Å². The van der Waals surface area contributed by atoms with Gasteiger partial charge in [0.05, 0.1) is 17.6 Å². The van der Waals surface area contributed by atoms with Gasteiger partial charge in [-0.2, -0.15) is 0 Å². The van der Waals surface area contributed by atoms with Crippen LogP contribution >= 0.6 is 0 Å². The van der Waals surface area contributed by atoms with Gasteiger partial charge in [0.25, 0.3) is 0 Å². The summed E-state index contributed by atoms with van der Waals surface area (Å²) in [5.74, 6) is 0.605. The van der Waals surface area contributed by atoms with Crippen molar-refractivity contribution in [2.75, 3.05) is 6.61 Å². The van der Waals surface area contributed by atoms with Gasteiger partial charge in [-0.05, 0) is 37.5 Å². The SMILES string of the molecule is C=C(C)C(=O)OCCCc1nc2ccc(CCC)cc2[nH]1. The van der Waals surface area contributed by atoms with Crippen LogP contribution in [0.4, 0.5) is 0 Å². The highest BCUT2D eigenvalue weighted by molar-refractivity contribution is 5.86. The number of nitrogens with zero attached hydrogens (tertiary/aromatic N) is 1. The molecule has 0 aliphatic rings. The van der Waals surface area contributed by atoms with E-state index in [4.69, 9.17) is 4.74 Å². The summed E-state index contributed by atoms with van der Waals surface area (Å²) in [5.41, 5.74) is 3.83. The Morgan fingerprint density at radius 1 is 1.38 bits per heavy atom. The Morgan fingerprint density at radius 2 is 2.19 bits per heavy atom. The van der Waals surface area contributed by atoms with Gasteiger partial charge in [0.1, 0.15) is 5.82 Å². The molecule has 0 saturated carbocycles. The fourth-order valence-electron chi connectivity index (χ4n) is 2.20. The number of imidazole rings is 1. The molecule has 1 aromatic carbocycles. The molecule has 4 heteroatoms. The highest BCUT2D eigenvalue weighted by Gasteiger charge is 2.05. The zero-order chi connectivity index (χ0) is 15.2. The van der Waals surface area contributed by atoms with Gasteiger partial charge in [-0.15, -0.1) is 0 Å². The first-order valence-electron chi connectivity index (χ1n) is 7.40. The number of carbonyl (C=O) groups excluding carboxylic acids is 1. The van der Waals surface area contributed by atoms with Crippen LogP contribution in [0.15, 0.2) is 30.4 Å². The van der Waals surface area contributed by atoms with E-state index in [0.29, 0.717) is 12.2 Å². The number of nitrogens with one attached hydrogen (secondary N) is 1. The minimum atomic E-state index is -0.330. The fraction of sp³-hybridized carbons (Fsp3) is 0.412. The molecule has 21 heavy (non-hydrogen) atoms. The van der Waals surface area contributed by atoms with Crippen LogP contribution in [-0.2, 0) is 22.4 Å². The first-order valence-corrected chi connectivity index (χ1v) is 7.40. The second kappa shape index (κ2) is 7.07. The Labute approximate surface area is 125 Å². The van der Waals surface area contributed by atoms with Gasteiger partial charge in [-0.1, -0.05) is 26.0 Å². The zero-order valence-electron chi connectivity index (χ0n) is 12.7. The van der Waals surface area contributed by atoms with E-state index in [2.05, 4.69) is 41.7 Å². The lowest BCUT2D eigenvalue weighted by Gasteiger charge is -2.02. The van der Waals surface area contributed by atoms with Crippen molar-refractivity contribution >= 4 is 17.0 Å². The molecular weight excluding hydrogens is 264 g/mol. The second-order valence-electron chi connectivity index (χ2n) is 5.30. The molecule has 0 spiro atoms. The molecule has 4 nitrogen and oxygen atoms in total. The minimum absolute atomic E-state index is 0.330. The molecule has 1 N–H and O–H groups in total. The molecule has 1 heterocycles. The number of hydrogen-bond acceptors (Lipinski definition) is 3. The average Bonchev–Trinajstić information content (AvgIpc) is 2.85. The molecule has 1 aromatic heterocycles. The quantitative estimate of drug-likeness (QED) is 0.481. The largest absolute Gasteiger partial charge is 0.462 e. The van der Waals surface area contributed by atoms with Crippen LogP contribution in [0.5, 0.6) is 0 Å². The third-order valence-corrected chi connectivity index (χ3v) is 3.27. The van der Waals surface area contributed by atoms with Crippen LogP contribution in [0.3, 0.4) is 0 Å². The summed E-state index contributed by atoms with van der Waals surface area (Å²) < 4.78 is 5.07. The van der Waals surface area contributed by atoms with Crippen molar-refractivity contribution in [2.24, 2.45) is 0 Å². The van der Waals surface area contributed by atoms with Crippen molar-refractivity contribution in [3.63, 3.8) is 0 Å². The molecule has 0 unspecified atom stereocenters. The number of benzene rings is 1. The number of fused-ring (bicyclic) bond motifs is 1. The maximum atomic E-state index is 11.2. The van der Waals surface area contributed by atoms with Crippen molar-refractivity contribution in [1.29, 1.82) is 0 Å². The monoisotopic (exact) mass is 286 g/mol. The van der Waals surface area contributed by atoms with E-state index in [-0.39, 0.29) is 5.97 Å². The molecular formula is C17H22N2O2. The van der Waals surface area contributed by atoms with E-state index in [0.717, 1.165) is 42.5 Å². The van der Waals surface area contributed by atoms with Crippen molar-refractivity contribution in [3.8, 4) is 0 Å². The van der Waals surface area contributed by atoms with Gasteiger partial charge in [-0.25, -0.2) is 9.78 Å². The number of esters is 1. The maximum absolute atomic E-state index is 11.2. The molecule has 0 aliphatic carbocycles. The number of H-pyrrole nitrogens is 1. The number of carbonyl (C=O) groups is 1. The number of hydrogen-bond donors (Lipinski definition) is 1. The lowest BCUT2D eigenvalue weighted by atomic mass is 10.1. The van der Waals surface area contributed by atoms with Crippen LogP contribution in [0, 0.1) is 0 Å². The molecule has 0 aliphatic heterocycles. The van der Waals surface area contributed by atoms with Gasteiger partial charge in [0.2, 0.25) is 0 Å². The molecule has 0 bridgehead atoms. The summed E-state index contributed by atoms with van der Waals surface area (Å²) in [6.45, 7) is 7.77. The summed E-state index contributed by atoms with van der Waals surface area (Å²) in [6.07, 6.45) is 3.74. The topological polar surface area (TPSA) is 55.0 Å². The fourth-order valence-corrected chi connectivity index (χ4v) is 2.20. The van der Waals surface area contributed by atoms with Crippen LogP contribution in [-0.4, -0.2) is 22.5 Å². The molecule has 112 valence electrons. The predicted molar refractivity (Wildman–Crippen MR) is 84.2 cm³/mol. The number of aromatic nitrogens is 2. The highest BCUT2D eigenvalue weighted by atomic mass is 16.5. The smallest absolute Gasteiger partial charge is 0.333 e. The number of rotatable bonds is 7. The van der Waals surface area contributed by atoms with E-state index >= 15 is 0 Å². The molecule has 2 aromatic rings. The van der Waals surface area contributed by atoms with E-state index in [1.807, 2.05) is 0 Å². The molecule has 0 fully saturated rings. The number of aromatic amines is 1. The van der Waals surface area contributed by atoms with Gasteiger partial charge in [0.15, 0.2) is 0 Å². The molecule has 0 atom stereocenters. The summed E-state index contributed by atoms with van der Waals surface area (Å²) in [4.78, 5) is 19.1. The summed E-state index contributed by atoms with van der Waals surface area (Å²) in [5, 5.41) is 0. The van der Waals surface area contributed by atoms with Crippen LogP contribution in [0.2, 0.25) is 0 Å². The Kier molecular flexibility index (Phi) is 5.14. The molecule has 0 amide bonds. The van der Waals surface area contributed by atoms with Crippen molar-refractivity contribution in [1.82, 2.24) is 9.97 Å². The van der Waals surface area contributed by atoms with E-state index < -0.39 is 0 Å². The Hall–Kier alpha value is -2.10. The molecule has 0 saturated heterocycles. The number of ether oxygens (including phenoxy) is 1. The first-order chi connectivity index (χ1) is 10.1. The van der Waals surface area contributed by atoms with Gasteiger partial charge in [-0.3, -0.25) is 0 Å². The Balaban J connectivity index is 1.90. The Bertz CT molecular complexity index is 643. The Morgan fingerprint density at radius 3 is 2.90 bits per heavy atom. The van der Waals surface area contributed by atoms with Gasteiger partial charge < -0.3 is 9.72 Å². The number of aryl methyl sites for hydroxylation is 2. The highest BCUT2D eigenvalue weighted by Crippen LogP contribution is 2.15. The molecule has 2 rings (SSSR count). The summed E-state index contributed by atoms with van der Waals surface area (Å²) in [6, 6.07) is 6.35. The van der Waals surface area contributed by atoms with Gasteiger partial charge >= 0.3 is 5.97 Å². The second-order valence-corrected chi connectivity index (χ2v) is 5.30. The maximum Gasteiger partial charge on any atom is 0.333 e. The normalized spacial score (nSPS) is 10.8. The van der Waals surface area contributed by atoms with E-state index in [9.17, 15) is 4.79 Å². The van der Waals surface area contributed by atoms with Crippen LogP contribution < -0.4 is 0 Å². The average molecular weight is 286 g/mol. The van der Waals surface area contributed by atoms with Crippen molar-refractivity contribution in [3.05, 3.63) is 41.7 Å². The van der Waals surface area contributed by atoms with E-state index in [1.54, 1.807) is 6.92 Å². The lowest BCUT2D eigenvalue weighted by Crippen LogP contribution is -2.07. The first kappa shape index (κ1) is 15.3. The third-order valence-electron chi connectivity index (χ3n) is 3.27. The molecule has 0 radical (unpaired) electrons. The van der Waals surface area contributed by atoms with Crippen LogP contribution in [0.25, 0.3) is 11.0 Å². The minimum Gasteiger partial charge on any atom is -0.462 e. The predicted octanol–water partition coefficient (Wildman–Crippen LogP) is 3.57. The van der Waals surface area contributed by atoms with Gasteiger partial charge in [0, 0.05) is 12.0 Å². The summed E-state index contributed by atoms with van der Waals surface area (Å²) in [7, 11) is 0. The standard InChI is InChI=1S/C17H22N2O2/c1-4-6-13-8-9-14-15(11-13)19-16(18-14)7-5-10-21-17(20)12(2)3/h8-9,11H,2,4-7,10H2,1,3H3,(H,18,19). The van der Waals surface area contributed by atoms with Crippen LogP contribution in [0.1, 0.15) is 38.1 Å². The summed E-state index contributed by atoms with van der Waals surface area (Å²) >= 11 is 0. The zero-order valence-corrected chi connectivity index (χ0v) is 12.7. The third kappa shape index (κ3) is 4.18. The lowest BCUT2D eigenvalue weighted by molar-refractivity contribution is -0.139. The van der Waals surface area contributed by atoms with Crippen molar-refractivity contribution in [2.45, 2.75) is 39.5 Å².